The number of rotatable bonds is 10. The quantitative estimate of drug-likeness (QED) is 0.207. The van der Waals surface area contributed by atoms with Crippen LogP contribution in [0.3, 0.4) is 0 Å². The number of aromatic amines is 1. The fourth-order valence-corrected chi connectivity index (χ4v) is 7.31. The highest BCUT2D eigenvalue weighted by Gasteiger charge is 2.53. The van der Waals surface area contributed by atoms with Gasteiger partial charge in [0.1, 0.15) is 17.3 Å². The van der Waals surface area contributed by atoms with Gasteiger partial charge in [0.25, 0.3) is 0 Å². The lowest BCUT2D eigenvalue weighted by Crippen LogP contribution is -2.67. The Hall–Kier alpha value is -4.02. The van der Waals surface area contributed by atoms with Crippen LogP contribution >= 0.6 is 0 Å². The van der Waals surface area contributed by atoms with Crippen molar-refractivity contribution in [1.82, 2.24) is 25.3 Å². The average molecular weight is 601 g/mol. The number of benzene rings is 2. The molecule has 44 heavy (non-hydrogen) atoms. The van der Waals surface area contributed by atoms with E-state index in [0.29, 0.717) is 34.2 Å². The Morgan fingerprint density at radius 1 is 1.00 bits per heavy atom. The van der Waals surface area contributed by atoms with Gasteiger partial charge in [-0.3, -0.25) is 10.00 Å². The van der Waals surface area contributed by atoms with Crippen LogP contribution in [0.1, 0.15) is 51.5 Å². The van der Waals surface area contributed by atoms with Crippen LogP contribution in [-0.2, 0) is 11.3 Å². The SMILES string of the molecule is COCOc1cc(-c2cn[nH]c2)c(F)cc1-c1ccc(N(C)C2C[C@]3(C)CCC[C@](C)(C2)N3Cc2ccc(OC)cc2)nn1. The minimum Gasteiger partial charge on any atom is -0.497 e. The third-order valence-electron chi connectivity index (χ3n) is 9.63. The number of anilines is 1. The topological polar surface area (TPSA) is 88.6 Å². The molecule has 3 atom stereocenters. The molecule has 2 aliphatic heterocycles. The van der Waals surface area contributed by atoms with E-state index in [-0.39, 0.29) is 17.9 Å². The molecule has 10 heteroatoms. The minimum absolute atomic E-state index is 0.0202. The van der Waals surface area contributed by atoms with Crippen LogP contribution in [0.4, 0.5) is 10.2 Å². The molecule has 0 radical (unpaired) electrons. The molecule has 2 aliphatic rings. The molecule has 0 spiro atoms. The maximum Gasteiger partial charge on any atom is 0.188 e. The van der Waals surface area contributed by atoms with E-state index in [9.17, 15) is 0 Å². The maximum absolute atomic E-state index is 15.2. The van der Waals surface area contributed by atoms with Crippen molar-refractivity contribution < 1.29 is 18.6 Å². The number of halogens is 1. The van der Waals surface area contributed by atoms with Crippen LogP contribution in [0.15, 0.2) is 60.9 Å². The van der Waals surface area contributed by atoms with Crippen molar-refractivity contribution in [2.45, 2.75) is 69.6 Å². The summed E-state index contributed by atoms with van der Waals surface area (Å²) in [7, 11) is 5.36. The van der Waals surface area contributed by atoms with E-state index in [1.807, 2.05) is 24.3 Å². The van der Waals surface area contributed by atoms with Gasteiger partial charge in [0.05, 0.1) is 19.0 Å². The minimum atomic E-state index is -0.399. The van der Waals surface area contributed by atoms with E-state index >= 15 is 4.39 Å². The standard InChI is InChI=1S/C34H41FN6O3/c1-33-13-6-14-34(2,41(33)21-23-7-9-26(43-5)10-8-23)18-25(17-33)40(3)32-12-11-30(38-39-32)28-15-29(35)27(24-19-36-37-20-24)16-31(28)44-22-42-4/h7-12,15-16,19-20,25H,6,13-14,17-18,21-22H2,1-5H3,(H,36,37)/t25?,33-,34+. The predicted octanol–water partition coefficient (Wildman–Crippen LogP) is 6.47. The van der Waals surface area contributed by atoms with Gasteiger partial charge in [0.15, 0.2) is 12.6 Å². The monoisotopic (exact) mass is 600 g/mol. The van der Waals surface area contributed by atoms with Crippen LogP contribution in [0, 0.1) is 5.82 Å². The second-order valence-electron chi connectivity index (χ2n) is 12.6. The number of nitrogens with zero attached hydrogens (tertiary/aromatic N) is 5. The molecule has 0 aliphatic carbocycles. The Balaban J connectivity index is 1.22. The molecule has 4 heterocycles. The summed E-state index contributed by atoms with van der Waals surface area (Å²) >= 11 is 0. The van der Waals surface area contributed by atoms with E-state index in [2.05, 4.69) is 63.2 Å². The maximum atomic E-state index is 15.2. The van der Waals surface area contributed by atoms with Gasteiger partial charge in [0.2, 0.25) is 0 Å². The Morgan fingerprint density at radius 2 is 1.75 bits per heavy atom. The molecule has 2 fully saturated rings. The first kappa shape index (κ1) is 30.0. The van der Waals surface area contributed by atoms with E-state index in [1.54, 1.807) is 32.7 Å². The summed E-state index contributed by atoms with van der Waals surface area (Å²) < 4.78 is 31.6. The summed E-state index contributed by atoms with van der Waals surface area (Å²) in [5.41, 5.74) is 3.48. The summed E-state index contributed by atoms with van der Waals surface area (Å²) in [5.74, 6) is 1.73. The number of ether oxygens (including phenoxy) is 3. The van der Waals surface area contributed by atoms with Crippen LogP contribution in [0.25, 0.3) is 22.4 Å². The van der Waals surface area contributed by atoms with Crippen molar-refractivity contribution >= 4 is 5.82 Å². The Labute approximate surface area is 258 Å². The zero-order valence-corrected chi connectivity index (χ0v) is 26.1. The van der Waals surface area contributed by atoms with Crippen LogP contribution < -0.4 is 14.4 Å². The molecule has 4 aromatic rings. The van der Waals surface area contributed by atoms with Gasteiger partial charge < -0.3 is 19.1 Å². The van der Waals surface area contributed by atoms with Gasteiger partial charge >= 0.3 is 0 Å². The molecule has 0 amide bonds. The van der Waals surface area contributed by atoms with Gasteiger partial charge in [-0.2, -0.15) is 5.10 Å². The molecule has 6 rings (SSSR count). The fraction of sp³-hybridized carbons (Fsp3) is 0.441. The molecule has 0 saturated carbocycles. The number of H-pyrrole nitrogens is 1. The second kappa shape index (κ2) is 12.2. The van der Waals surface area contributed by atoms with Crippen molar-refractivity contribution in [1.29, 1.82) is 0 Å². The summed E-state index contributed by atoms with van der Waals surface area (Å²) in [6.45, 7) is 5.79. The highest BCUT2D eigenvalue weighted by atomic mass is 19.1. The molecule has 9 nitrogen and oxygen atoms in total. The Morgan fingerprint density at radius 3 is 2.36 bits per heavy atom. The van der Waals surface area contributed by atoms with Crippen LogP contribution in [0.5, 0.6) is 11.5 Å². The van der Waals surface area contributed by atoms with Gasteiger partial charge in [0, 0.05) is 60.7 Å². The van der Waals surface area contributed by atoms with Crippen molar-refractivity contribution in [2.24, 2.45) is 0 Å². The first-order valence-electron chi connectivity index (χ1n) is 15.1. The molecule has 2 aromatic heterocycles. The van der Waals surface area contributed by atoms with Crippen LogP contribution in [0.2, 0.25) is 0 Å². The number of methoxy groups -OCH3 is 2. The summed E-state index contributed by atoms with van der Waals surface area (Å²) in [6, 6.07) is 15.7. The molecular formula is C34H41FN6O3. The third-order valence-corrected chi connectivity index (χ3v) is 9.63. The van der Waals surface area contributed by atoms with E-state index in [1.165, 1.54) is 30.9 Å². The molecular weight excluding hydrogens is 559 g/mol. The van der Waals surface area contributed by atoms with Gasteiger partial charge in [-0.25, -0.2) is 4.39 Å². The lowest BCUT2D eigenvalue weighted by atomic mass is 9.66. The molecule has 1 N–H and O–H groups in total. The largest absolute Gasteiger partial charge is 0.497 e. The molecule has 2 saturated heterocycles. The Bertz CT molecular complexity index is 1550. The van der Waals surface area contributed by atoms with Crippen molar-refractivity contribution in [2.75, 3.05) is 33.0 Å². The van der Waals surface area contributed by atoms with Gasteiger partial charge in [-0.1, -0.05) is 12.1 Å². The fourth-order valence-electron chi connectivity index (χ4n) is 7.31. The highest BCUT2D eigenvalue weighted by Crippen LogP contribution is 2.50. The number of nitrogens with one attached hydrogen (secondary N) is 1. The molecule has 1 unspecified atom stereocenters. The van der Waals surface area contributed by atoms with E-state index in [0.717, 1.165) is 31.0 Å². The highest BCUT2D eigenvalue weighted by molar-refractivity contribution is 5.75. The first-order valence-corrected chi connectivity index (χ1v) is 15.1. The van der Waals surface area contributed by atoms with Crippen molar-refractivity contribution in [3.63, 3.8) is 0 Å². The van der Waals surface area contributed by atoms with Gasteiger partial charge in [-0.05, 0) is 87.9 Å². The second-order valence-corrected chi connectivity index (χ2v) is 12.6. The number of hydrogen-bond donors (Lipinski definition) is 1. The van der Waals surface area contributed by atoms with Crippen molar-refractivity contribution in [3.05, 3.63) is 72.3 Å². The lowest BCUT2D eigenvalue weighted by Gasteiger charge is -2.62. The van der Waals surface area contributed by atoms with E-state index in [4.69, 9.17) is 14.2 Å². The zero-order valence-electron chi connectivity index (χ0n) is 26.1. The summed E-state index contributed by atoms with van der Waals surface area (Å²) in [6.07, 6.45) is 8.85. The number of piperidine rings is 2. The Kier molecular flexibility index (Phi) is 8.30. The third kappa shape index (κ3) is 5.76. The average Bonchev–Trinajstić information content (AvgIpc) is 3.56. The zero-order chi connectivity index (χ0) is 30.9. The normalized spacial score (nSPS) is 23.4. The summed E-state index contributed by atoms with van der Waals surface area (Å²) in [4.78, 5) is 5.02. The lowest BCUT2D eigenvalue weighted by molar-refractivity contribution is -0.0976. The number of aromatic nitrogens is 4. The number of hydrogen-bond acceptors (Lipinski definition) is 8. The summed E-state index contributed by atoms with van der Waals surface area (Å²) in [5, 5.41) is 15.8. The van der Waals surface area contributed by atoms with Crippen LogP contribution in [-0.4, -0.2) is 70.5 Å². The van der Waals surface area contributed by atoms with E-state index < -0.39 is 5.82 Å². The molecule has 2 bridgehead atoms. The van der Waals surface area contributed by atoms with Gasteiger partial charge in [-0.15, -0.1) is 10.2 Å². The molecule has 232 valence electrons. The smallest absolute Gasteiger partial charge is 0.188 e. The predicted molar refractivity (Wildman–Crippen MR) is 168 cm³/mol. The van der Waals surface area contributed by atoms with Crippen molar-refractivity contribution in [3.8, 4) is 33.9 Å². The molecule has 2 aromatic carbocycles. The first-order chi connectivity index (χ1) is 21.2. The number of fused-ring (bicyclic) bond motifs is 2.